The molecule has 0 aromatic heterocycles. The highest BCUT2D eigenvalue weighted by atomic mass is 35.7. The summed E-state index contributed by atoms with van der Waals surface area (Å²) in [5, 5.41) is 20.6. The number of ether oxygens (including phenoxy) is 2. The Morgan fingerprint density at radius 3 is 1.85 bits per heavy atom. The predicted octanol–water partition coefficient (Wildman–Crippen LogP) is 6.53. The number of nitrogens with zero attached hydrogens (tertiary/aromatic N) is 5. The van der Waals surface area contributed by atoms with E-state index in [1.165, 1.54) is 53.4 Å². The van der Waals surface area contributed by atoms with Crippen LogP contribution in [0.5, 0.6) is 11.5 Å². The summed E-state index contributed by atoms with van der Waals surface area (Å²) in [7, 11) is -0.933. The van der Waals surface area contributed by atoms with Crippen LogP contribution in [0.1, 0.15) is 5.56 Å². The molecule has 0 atom stereocenters. The van der Waals surface area contributed by atoms with Crippen LogP contribution in [0.15, 0.2) is 83.1 Å². The summed E-state index contributed by atoms with van der Waals surface area (Å²) in [6.45, 7) is -3.67. The molecule has 15 heteroatoms. The van der Waals surface area contributed by atoms with Crippen molar-refractivity contribution in [3.05, 3.63) is 94.0 Å². The lowest BCUT2D eigenvalue weighted by Crippen LogP contribution is -2.48. The first-order chi connectivity index (χ1) is 18.5. The summed E-state index contributed by atoms with van der Waals surface area (Å²) in [6.07, 6.45) is 1.23. The van der Waals surface area contributed by atoms with Gasteiger partial charge in [-0.15, -0.1) is 8.88 Å². The van der Waals surface area contributed by atoms with E-state index >= 15 is 0 Å². The lowest BCUT2D eigenvalue weighted by Gasteiger charge is -2.56. The average molecular weight is 606 g/mol. The third kappa shape index (κ3) is 5.44. The molecule has 0 radical (unpaired) electrons. The number of benzene rings is 3. The standard InChI is InChI=1S/C24H19Cl2N5O6P2/c1-36-22-11-7-20(8-12-22)30-38(25,31(39(30,26)35)21-9-13-23(37-2)14-10-21)28-24(32)18(16-27)15-17-3-5-19(6-4-17)29(33)34/h3-15H,1-2H3/b18-15-. The zero-order valence-corrected chi connectivity index (χ0v) is 23.6. The second kappa shape index (κ2) is 11.2. The number of carbonyl (C=O) groups excluding carboxylic acids is 1. The lowest BCUT2D eigenvalue weighted by atomic mass is 10.1. The van der Waals surface area contributed by atoms with Gasteiger partial charge in [0, 0.05) is 12.1 Å². The number of hydrogen-bond acceptors (Lipinski definition) is 7. The van der Waals surface area contributed by atoms with Gasteiger partial charge in [0.2, 0.25) is 0 Å². The molecule has 1 saturated heterocycles. The number of carbonyl (C=O) groups is 1. The van der Waals surface area contributed by atoms with Crippen LogP contribution in [-0.4, -0.2) is 25.1 Å². The highest BCUT2D eigenvalue weighted by Gasteiger charge is 2.68. The van der Waals surface area contributed by atoms with Gasteiger partial charge in [0.1, 0.15) is 34.4 Å². The van der Waals surface area contributed by atoms with E-state index in [2.05, 4.69) is 4.74 Å². The summed E-state index contributed by atoms with van der Waals surface area (Å²) >= 11 is 13.6. The fraction of sp³-hybridized carbons (Fsp3) is 0.0833. The van der Waals surface area contributed by atoms with Crippen LogP contribution < -0.4 is 23.2 Å². The van der Waals surface area contributed by atoms with Crippen molar-refractivity contribution in [3.8, 4) is 17.6 Å². The molecule has 0 unspecified atom stereocenters. The smallest absolute Gasteiger partial charge is 0.313 e. The molecule has 0 bridgehead atoms. The maximum atomic E-state index is 13.8. The van der Waals surface area contributed by atoms with Crippen molar-refractivity contribution >= 4 is 65.4 Å². The highest BCUT2D eigenvalue weighted by molar-refractivity contribution is 8.23. The molecule has 0 N–H and O–H groups in total. The van der Waals surface area contributed by atoms with E-state index in [1.807, 2.05) is 0 Å². The normalized spacial score (nSPS) is 20.5. The van der Waals surface area contributed by atoms with Crippen molar-refractivity contribution in [2.24, 2.45) is 4.74 Å². The van der Waals surface area contributed by atoms with Crippen LogP contribution in [0.25, 0.3) is 6.08 Å². The number of hydrogen-bond donors (Lipinski definition) is 0. The monoisotopic (exact) mass is 605 g/mol. The molecule has 200 valence electrons. The largest absolute Gasteiger partial charge is 0.627 e. The minimum atomic E-state index is -3.91. The minimum Gasteiger partial charge on any atom is -0.627 e. The molecule has 3 aromatic carbocycles. The lowest BCUT2D eigenvalue weighted by molar-refractivity contribution is -0.384. The Bertz CT molecular complexity index is 1480. The first-order valence-electron chi connectivity index (χ1n) is 11.0. The van der Waals surface area contributed by atoms with Crippen LogP contribution >= 0.6 is 36.3 Å². The molecule has 39 heavy (non-hydrogen) atoms. The number of nitro benzene ring substituents is 1. The predicted molar refractivity (Wildman–Crippen MR) is 151 cm³/mol. The third-order valence-electron chi connectivity index (χ3n) is 5.54. The summed E-state index contributed by atoms with van der Waals surface area (Å²) in [6, 6.07) is 19.8. The van der Waals surface area contributed by atoms with Crippen LogP contribution in [0.4, 0.5) is 17.1 Å². The van der Waals surface area contributed by atoms with E-state index in [0.717, 1.165) is 0 Å². The van der Waals surface area contributed by atoms with Crippen molar-refractivity contribution in [1.82, 2.24) is 0 Å². The van der Waals surface area contributed by atoms with Gasteiger partial charge in [0.05, 0.1) is 30.5 Å². The van der Waals surface area contributed by atoms with Gasteiger partial charge in [-0.3, -0.25) is 14.9 Å². The SMILES string of the molecule is COc1ccc(N2P(Cl)(=NC(=O)/C(C#N)=C\c3ccc([N+](=O)[O-])cc3)N(c3ccc(OC)cc3)[P+]2([O-])Cl)cc1. The summed E-state index contributed by atoms with van der Waals surface area (Å²) in [5.41, 5.74) is 0.487. The molecule has 1 heterocycles. The molecule has 0 aliphatic carbocycles. The fourth-order valence-electron chi connectivity index (χ4n) is 3.67. The number of nitriles is 1. The molecule has 1 fully saturated rings. The number of methoxy groups -OCH3 is 2. The Kier molecular flexibility index (Phi) is 8.17. The van der Waals surface area contributed by atoms with Crippen molar-refractivity contribution in [1.29, 1.82) is 5.26 Å². The summed E-state index contributed by atoms with van der Waals surface area (Å²) in [4.78, 5) is 37.5. The molecule has 1 aliphatic rings. The molecule has 1 aliphatic heterocycles. The van der Waals surface area contributed by atoms with Gasteiger partial charge in [-0.1, -0.05) is 0 Å². The first-order valence-corrected chi connectivity index (χ1v) is 16.0. The van der Waals surface area contributed by atoms with E-state index in [1.54, 1.807) is 54.6 Å². The number of anilines is 2. The van der Waals surface area contributed by atoms with Crippen molar-refractivity contribution in [2.75, 3.05) is 23.1 Å². The minimum absolute atomic E-state index is 0.148. The first kappa shape index (κ1) is 28.4. The number of nitro groups is 1. The molecule has 11 nitrogen and oxygen atoms in total. The molecular formula is C24H19Cl2N5O6P2. The summed E-state index contributed by atoms with van der Waals surface area (Å²) in [5.74, 6) is 0.0765. The van der Waals surface area contributed by atoms with Crippen LogP contribution in [-0.2, 0) is 4.79 Å². The van der Waals surface area contributed by atoms with Gasteiger partial charge in [0.25, 0.3) is 18.7 Å². The van der Waals surface area contributed by atoms with Crippen LogP contribution in [0.3, 0.4) is 0 Å². The molecular weight excluding hydrogens is 587 g/mol. The van der Waals surface area contributed by atoms with Gasteiger partial charge in [-0.05, 0) is 83.5 Å². The Morgan fingerprint density at radius 1 is 1.00 bits per heavy atom. The Labute approximate surface area is 233 Å². The molecule has 0 spiro atoms. The quantitative estimate of drug-likeness (QED) is 0.0963. The zero-order valence-electron chi connectivity index (χ0n) is 20.3. The van der Waals surface area contributed by atoms with Gasteiger partial charge in [-0.2, -0.15) is 10.0 Å². The maximum absolute atomic E-state index is 13.8. The van der Waals surface area contributed by atoms with Crippen LogP contribution in [0.2, 0.25) is 0 Å². The second-order valence-electron chi connectivity index (χ2n) is 7.87. The summed E-state index contributed by atoms with van der Waals surface area (Å²) < 4.78 is 17.0. The van der Waals surface area contributed by atoms with Gasteiger partial charge >= 0.3 is 6.71 Å². The van der Waals surface area contributed by atoms with Gasteiger partial charge in [-0.25, -0.2) is 0 Å². The molecule has 1 amide bonds. The van der Waals surface area contributed by atoms with Crippen LogP contribution in [0, 0.1) is 21.4 Å². The second-order valence-corrected chi connectivity index (χ2v) is 14.9. The number of non-ortho nitro benzene ring substituents is 1. The molecule has 0 saturated carbocycles. The number of rotatable bonds is 7. The van der Waals surface area contributed by atoms with Crippen molar-refractivity contribution in [2.45, 2.75) is 0 Å². The number of halogens is 2. The Balaban J connectivity index is 1.81. The zero-order chi connectivity index (χ0) is 28.4. The third-order valence-corrected chi connectivity index (χ3v) is 15.1. The topological polar surface area (TPSA) is 144 Å². The van der Waals surface area contributed by atoms with E-state index in [-0.39, 0.29) is 11.3 Å². The highest BCUT2D eigenvalue weighted by Crippen LogP contribution is 2.94. The molecule has 4 rings (SSSR count). The van der Waals surface area contributed by atoms with E-state index in [9.17, 15) is 25.1 Å². The number of amides is 1. The van der Waals surface area contributed by atoms with Gasteiger partial charge in [0.15, 0.2) is 0 Å². The van der Waals surface area contributed by atoms with E-state index in [0.29, 0.717) is 28.4 Å². The fourth-order valence-corrected chi connectivity index (χ4v) is 14.3. The van der Waals surface area contributed by atoms with Gasteiger partial charge < -0.3 is 14.4 Å². The van der Waals surface area contributed by atoms with E-state index < -0.39 is 24.7 Å². The molecule has 3 aromatic rings. The van der Waals surface area contributed by atoms with Crippen molar-refractivity contribution in [3.63, 3.8) is 0 Å². The Hall–Kier alpha value is -3.64. The van der Waals surface area contributed by atoms with E-state index in [4.69, 9.17) is 32.0 Å². The maximum Gasteiger partial charge on any atom is 0.313 e. The van der Waals surface area contributed by atoms with Crippen molar-refractivity contribution < 1.29 is 24.1 Å². The average Bonchev–Trinajstić information content (AvgIpc) is 2.92. The Morgan fingerprint density at radius 2 is 1.46 bits per heavy atom.